The number of benzene rings is 2. The van der Waals surface area contributed by atoms with Gasteiger partial charge >= 0.3 is 0 Å². The number of methoxy groups -OCH3 is 1. The number of nitrogens with zero attached hydrogens (tertiary/aromatic N) is 1. The first kappa shape index (κ1) is 19.2. The van der Waals surface area contributed by atoms with Crippen LogP contribution < -0.4 is 14.4 Å². The lowest BCUT2D eigenvalue weighted by atomic mass is 10.1. The Kier molecular flexibility index (Phi) is 5.12. The SMILES string of the molecule is COc1ccc(Cl)cc1NC(=O)c1cccc(N2C(=O)[C@@H](C)CS2(=O)=O)c1. The van der Waals surface area contributed by atoms with Gasteiger partial charge in [-0.25, -0.2) is 12.7 Å². The van der Waals surface area contributed by atoms with Gasteiger partial charge in [-0.2, -0.15) is 0 Å². The van der Waals surface area contributed by atoms with Gasteiger partial charge in [-0.15, -0.1) is 0 Å². The number of amides is 2. The Morgan fingerprint density at radius 1 is 1.26 bits per heavy atom. The Bertz CT molecular complexity index is 1020. The van der Waals surface area contributed by atoms with Crippen LogP contribution in [0.4, 0.5) is 11.4 Å². The number of halogens is 1. The van der Waals surface area contributed by atoms with Crippen LogP contribution in [0.1, 0.15) is 17.3 Å². The fourth-order valence-corrected chi connectivity index (χ4v) is 4.82. The van der Waals surface area contributed by atoms with E-state index >= 15 is 0 Å². The van der Waals surface area contributed by atoms with E-state index in [0.717, 1.165) is 4.31 Å². The van der Waals surface area contributed by atoms with Crippen LogP contribution in [0.3, 0.4) is 0 Å². The molecule has 1 heterocycles. The second kappa shape index (κ2) is 7.21. The molecule has 142 valence electrons. The van der Waals surface area contributed by atoms with E-state index < -0.39 is 27.8 Å². The molecule has 0 aromatic heterocycles. The van der Waals surface area contributed by atoms with Crippen molar-refractivity contribution >= 4 is 44.8 Å². The number of anilines is 2. The summed E-state index contributed by atoms with van der Waals surface area (Å²) in [6.45, 7) is 1.56. The minimum absolute atomic E-state index is 0.134. The third kappa shape index (κ3) is 3.77. The average molecular weight is 409 g/mol. The smallest absolute Gasteiger partial charge is 0.255 e. The van der Waals surface area contributed by atoms with Crippen LogP contribution in [0.5, 0.6) is 5.75 Å². The third-order valence-electron chi connectivity index (χ3n) is 4.11. The van der Waals surface area contributed by atoms with Crippen molar-refractivity contribution in [1.29, 1.82) is 0 Å². The van der Waals surface area contributed by atoms with E-state index in [1.165, 1.54) is 37.4 Å². The van der Waals surface area contributed by atoms with Crippen LogP contribution in [0, 0.1) is 5.92 Å². The van der Waals surface area contributed by atoms with Gasteiger partial charge in [0.05, 0.1) is 30.2 Å². The molecule has 0 bridgehead atoms. The predicted molar refractivity (Wildman–Crippen MR) is 103 cm³/mol. The van der Waals surface area contributed by atoms with Crippen molar-refractivity contribution in [1.82, 2.24) is 0 Å². The summed E-state index contributed by atoms with van der Waals surface area (Å²) in [7, 11) is -2.28. The molecule has 1 aliphatic rings. The Labute approximate surface area is 161 Å². The number of hydrogen-bond acceptors (Lipinski definition) is 5. The molecule has 2 aromatic rings. The van der Waals surface area contributed by atoms with Gasteiger partial charge in [0, 0.05) is 10.6 Å². The molecule has 3 rings (SSSR count). The molecule has 1 N–H and O–H groups in total. The lowest BCUT2D eigenvalue weighted by molar-refractivity contribution is -0.119. The second-order valence-electron chi connectivity index (χ2n) is 6.13. The van der Waals surface area contributed by atoms with Gasteiger partial charge in [-0.1, -0.05) is 24.6 Å². The monoisotopic (exact) mass is 408 g/mol. The number of carbonyl (C=O) groups is 2. The molecule has 0 spiro atoms. The van der Waals surface area contributed by atoms with Gasteiger partial charge in [0.25, 0.3) is 5.91 Å². The zero-order valence-corrected chi connectivity index (χ0v) is 16.2. The summed E-state index contributed by atoms with van der Waals surface area (Å²) >= 11 is 5.96. The summed E-state index contributed by atoms with van der Waals surface area (Å²) in [6.07, 6.45) is 0. The Balaban J connectivity index is 1.91. The predicted octanol–water partition coefficient (Wildman–Crippen LogP) is 2.91. The minimum atomic E-state index is -3.74. The van der Waals surface area contributed by atoms with E-state index in [2.05, 4.69) is 5.32 Å². The van der Waals surface area contributed by atoms with E-state index in [1.54, 1.807) is 19.1 Å². The largest absolute Gasteiger partial charge is 0.495 e. The Hall–Kier alpha value is -2.58. The van der Waals surface area contributed by atoms with Crippen molar-refractivity contribution in [2.45, 2.75) is 6.92 Å². The summed E-state index contributed by atoms with van der Waals surface area (Å²) < 4.78 is 30.4. The van der Waals surface area contributed by atoms with Crippen LogP contribution in [0.25, 0.3) is 0 Å². The van der Waals surface area contributed by atoms with E-state index in [4.69, 9.17) is 16.3 Å². The highest BCUT2D eigenvalue weighted by Gasteiger charge is 2.42. The summed E-state index contributed by atoms with van der Waals surface area (Å²) in [5.41, 5.74) is 0.700. The first-order chi connectivity index (χ1) is 12.7. The normalized spacial score (nSPS) is 18.4. The second-order valence-corrected chi connectivity index (χ2v) is 8.43. The van der Waals surface area contributed by atoms with Crippen molar-refractivity contribution in [2.75, 3.05) is 22.5 Å². The topological polar surface area (TPSA) is 92.8 Å². The van der Waals surface area contributed by atoms with E-state index in [1.807, 2.05) is 0 Å². The molecular weight excluding hydrogens is 392 g/mol. The summed E-state index contributed by atoms with van der Waals surface area (Å²) in [5.74, 6) is -1.45. The summed E-state index contributed by atoms with van der Waals surface area (Å²) in [6, 6.07) is 10.7. The maximum Gasteiger partial charge on any atom is 0.255 e. The molecule has 1 aliphatic heterocycles. The zero-order chi connectivity index (χ0) is 19.8. The molecule has 0 saturated carbocycles. The molecule has 0 unspecified atom stereocenters. The van der Waals surface area contributed by atoms with Gasteiger partial charge in [0.1, 0.15) is 5.75 Å². The lowest BCUT2D eigenvalue weighted by Gasteiger charge is -2.16. The highest BCUT2D eigenvalue weighted by Crippen LogP contribution is 2.30. The molecule has 1 saturated heterocycles. The summed E-state index contributed by atoms with van der Waals surface area (Å²) in [4.78, 5) is 24.8. The highest BCUT2D eigenvalue weighted by atomic mass is 35.5. The number of rotatable bonds is 4. The maximum absolute atomic E-state index is 12.6. The van der Waals surface area contributed by atoms with Crippen molar-refractivity contribution in [3.63, 3.8) is 0 Å². The fourth-order valence-electron chi connectivity index (χ4n) is 2.83. The number of ether oxygens (including phenoxy) is 1. The van der Waals surface area contributed by atoms with Gasteiger partial charge in [0.15, 0.2) is 0 Å². The lowest BCUT2D eigenvalue weighted by Crippen LogP contribution is -2.30. The molecule has 0 radical (unpaired) electrons. The van der Waals surface area contributed by atoms with Gasteiger partial charge in [-0.3, -0.25) is 9.59 Å². The average Bonchev–Trinajstić information content (AvgIpc) is 2.82. The van der Waals surface area contributed by atoms with Crippen LogP contribution in [0.15, 0.2) is 42.5 Å². The Morgan fingerprint density at radius 2 is 2.00 bits per heavy atom. The molecule has 27 heavy (non-hydrogen) atoms. The molecule has 2 amide bonds. The highest BCUT2D eigenvalue weighted by molar-refractivity contribution is 7.94. The Morgan fingerprint density at radius 3 is 2.63 bits per heavy atom. The minimum Gasteiger partial charge on any atom is -0.495 e. The van der Waals surface area contributed by atoms with Crippen molar-refractivity contribution < 1.29 is 22.7 Å². The maximum atomic E-state index is 12.6. The van der Waals surface area contributed by atoms with Crippen LogP contribution in [0.2, 0.25) is 5.02 Å². The molecule has 7 nitrogen and oxygen atoms in total. The number of hydrogen-bond donors (Lipinski definition) is 1. The van der Waals surface area contributed by atoms with Crippen LogP contribution >= 0.6 is 11.6 Å². The zero-order valence-electron chi connectivity index (χ0n) is 14.6. The quantitative estimate of drug-likeness (QED) is 0.839. The first-order valence-corrected chi connectivity index (χ1v) is 10.0. The van der Waals surface area contributed by atoms with Gasteiger partial charge in [-0.05, 0) is 36.4 Å². The molecular formula is C18H17ClN2O5S. The third-order valence-corrected chi connectivity index (χ3v) is 6.22. The number of sulfonamides is 1. The number of nitrogens with one attached hydrogen (secondary N) is 1. The number of carbonyl (C=O) groups excluding carboxylic acids is 2. The van der Waals surface area contributed by atoms with Gasteiger partial charge < -0.3 is 10.1 Å². The van der Waals surface area contributed by atoms with Crippen molar-refractivity contribution in [2.24, 2.45) is 5.92 Å². The van der Waals surface area contributed by atoms with Crippen LogP contribution in [-0.4, -0.2) is 33.1 Å². The van der Waals surface area contributed by atoms with Gasteiger partial charge in [0.2, 0.25) is 15.9 Å². The molecule has 1 atom stereocenters. The molecule has 1 fully saturated rings. The van der Waals surface area contributed by atoms with E-state index in [9.17, 15) is 18.0 Å². The standard InChI is InChI=1S/C18H17ClN2O5S/c1-11-10-27(24,25)21(18(11)23)14-5-3-4-12(8-14)17(22)20-15-9-13(19)6-7-16(15)26-2/h3-9,11H,10H2,1-2H3,(H,20,22)/t11-/m0/s1. The molecule has 0 aliphatic carbocycles. The molecule has 9 heteroatoms. The van der Waals surface area contributed by atoms with Crippen molar-refractivity contribution in [3.05, 3.63) is 53.1 Å². The van der Waals surface area contributed by atoms with E-state index in [-0.39, 0.29) is 17.0 Å². The first-order valence-electron chi connectivity index (χ1n) is 8.05. The van der Waals surface area contributed by atoms with Crippen LogP contribution in [-0.2, 0) is 14.8 Å². The molecule has 2 aromatic carbocycles. The van der Waals surface area contributed by atoms with E-state index in [0.29, 0.717) is 16.5 Å². The van der Waals surface area contributed by atoms with Crippen molar-refractivity contribution in [3.8, 4) is 5.75 Å². The fraction of sp³-hybridized carbons (Fsp3) is 0.222. The summed E-state index contributed by atoms with van der Waals surface area (Å²) in [5, 5.41) is 3.09.